The van der Waals surface area contributed by atoms with Crippen LogP contribution in [-0.2, 0) is 4.74 Å². The first-order chi connectivity index (χ1) is 7.81. The highest BCUT2D eigenvalue weighted by atomic mass is 32.1. The van der Waals surface area contributed by atoms with Crippen LogP contribution >= 0.6 is 11.3 Å². The number of methoxy groups -OCH3 is 1. The first-order valence-electron chi connectivity index (χ1n) is 5.05. The van der Waals surface area contributed by atoms with Crippen molar-refractivity contribution in [3.05, 3.63) is 11.4 Å². The minimum atomic E-state index is 0.309. The summed E-state index contributed by atoms with van der Waals surface area (Å²) in [5.41, 5.74) is 5.63. The monoisotopic (exact) mass is 238 g/mol. The summed E-state index contributed by atoms with van der Waals surface area (Å²) in [7, 11) is 1.69. The molecule has 2 heterocycles. The highest BCUT2D eigenvalue weighted by molar-refractivity contribution is 7.16. The Morgan fingerprint density at radius 1 is 1.50 bits per heavy atom. The van der Waals surface area contributed by atoms with E-state index < -0.39 is 0 Å². The number of ether oxygens (including phenoxy) is 1. The molecule has 0 amide bonds. The summed E-state index contributed by atoms with van der Waals surface area (Å²) in [6, 6.07) is 2.00. The van der Waals surface area contributed by atoms with E-state index in [9.17, 15) is 0 Å². The van der Waals surface area contributed by atoms with Gasteiger partial charge in [0.1, 0.15) is 10.6 Å². The molecule has 6 heteroatoms. The van der Waals surface area contributed by atoms with Crippen molar-refractivity contribution in [2.45, 2.75) is 6.42 Å². The Balaban J connectivity index is 2.12. The second kappa shape index (κ2) is 5.09. The van der Waals surface area contributed by atoms with Crippen LogP contribution in [0.3, 0.4) is 0 Å². The summed E-state index contributed by atoms with van der Waals surface area (Å²) in [6.45, 7) is 1.55. The molecule has 0 aliphatic rings. The Morgan fingerprint density at radius 3 is 3.19 bits per heavy atom. The van der Waals surface area contributed by atoms with Gasteiger partial charge in [0.25, 0.3) is 0 Å². The zero-order valence-corrected chi connectivity index (χ0v) is 9.88. The van der Waals surface area contributed by atoms with Crippen LogP contribution in [0.2, 0.25) is 0 Å². The Bertz CT molecular complexity index is 471. The van der Waals surface area contributed by atoms with E-state index in [2.05, 4.69) is 15.3 Å². The molecule has 0 spiro atoms. The molecule has 0 radical (unpaired) electrons. The van der Waals surface area contributed by atoms with Crippen LogP contribution in [-0.4, -0.2) is 30.2 Å². The third-order valence-corrected chi connectivity index (χ3v) is 2.97. The molecule has 3 N–H and O–H groups in total. The Morgan fingerprint density at radius 2 is 2.38 bits per heavy atom. The summed E-state index contributed by atoms with van der Waals surface area (Å²) < 4.78 is 4.98. The topological polar surface area (TPSA) is 73.1 Å². The molecule has 0 fully saturated rings. The molecule has 0 aliphatic heterocycles. The number of nitrogen functional groups attached to an aromatic ring is 1. The Labute approximate surface area is 97.7 Å². The van der Waals surface area contributed by atoms with E-state index in [-0.39, 0.29) is 0 Å². The summed E-state index contributed by atoms with van der Waals surface area (Å²) >= 11 is 1.56. The number of nitrogens with two attached hydrogens (primary N) is 1. The van der Waals surface area contributed by atoms with Crippen molar-refractivity contribution in [2.24, 2.45) is 0 Å². The summed E-state index contributed by atoms with van der Waals surface area (Å²) in [5, 5.41) is 6.25. The fourth-order valence-electron chi connectivity index (χ4n) is 1.43. The lowest BCUT2D eigenvalue weighted by Crippen LogP contribution is -2.07. The third-order valence-electron chi connectivity index (χ3n) is 2.16. The lowest BCUT2D eigenvalue weighted by atomic mass is 10.3. The van der Waals surface area contributed by atoms with Gasteiger partial charge in [-0.3, -0.25) is 0 Å². The minimum Gasteiger partial charge on any atom is -0.385 e. The molecule has 2 aromatic rings. The molecule has 0 aromatic carbocycles. The van der Waals surface area contributed by atoms with E-state index >= 15 is 0 Å². The van der Waals surface area contributed by atoms with Gasteiger partial charge in [0.15, 0.2) is 0 Å². The van der Waals surface area contributed by atoms with Crippen LogP contribution in [0.1, 0.15) is 6.42 Å². The van der Waals surface area contributed by atoms with Crippen LogP contribution < -0.4 is 11.1 Å². The number of anilines is 2. The second-order valence-corrected chi connectivity index (χ2v) is 4.24. The van der Waals surface area contributed by atoms with Gasteiger partial charge in [-0.15, -0.1) is 11.3 Å². The van der Waals surface area contributed by atoms with Crippen molar-refractivity contribution < 1.29 is 4.74 Å². The normalized spacial score (nSPS) is 10.8. The Hall–Kier alpha value is -1.40. The molecular formula is C10H14N4OS. The average Bonchev–Trinajstić information content (AvgIpc) is 2.72. The predicted octanol–water partition coefficient (Wildman–Crippen LogP) is 1.72. The van der Waals surface area contributed by atoms with E-state index in [0.29, 0.717) is 5.95 Å². The van der Waals surface area contributed by atoms with Crippen LogP contribution in [0.25, 0.3) is 10.2 Å². The summed E-state index contributed by atoms with van der Waals surface area (Å²) in [5.74, 6) is 1.11. The zero-order chi connectivity index (χ0) is 11.4. The second-order valence-electron chi connectivity index (χ2n) is 3.34. The number of aromatic nitrogens is 2. The maximum atomic E-state index is 5.63. The average molecular weight is 238 g/mol. The highest BCUT2D eigenvalue weighted by Crippen LogP contribution is 2.25. The molecule has 0 bridgehead atoms. The molecular weight excluding hydrogens is 224 g/mol. The molecule has 0 aliphatic carbocycles. The first kappa shape index (κ1) is 11.1. The molecule has 2 aromatic heterocycles. The van der Waals surface area contributed by atoms with Gasteiger partial charge < -0.3 is 15.8 Å². The summed E-state index contributed by atoms with van der Waals surface area (Å²) in [6.07, 6.45) is 0.937. The van der Waals surface area contributed by atoms with Crippen molar-refractivity contribution in [3.8, 4) is 0 Å². The molecule has 0 saturated carbocycles. The van der Waals surface area contributed by atoms with E-state index in [1.165, 1.54) is 0 Å². The minimum absolute atomic E-state index is 0.309. The van der Waals surface area contributed by atoms with Crippen molar-refractivity contribution >= 4 is 33.3 Å². The standard InChI is InChI=1S/C10H14N4OS/c1-15-5-2-4-12-8-7-3-6-16-9(7)14-10(11)13-8/h3,6H,2,4-5H2,1H3,(H3,11,12,13,14). The molecule has 5 nitrogen and oxygen atoms in total. The van der Waals surface area contributed by atoms with Gasteiger partial charge in [0.2, 0.25) is 5.95 Å². The maximum Gasteiger partial charge on any atom is 0.223 e. The van der Waals surface area contributed by atoms with E-state index in [1.54, 1.807) is 18.4 Å². The molecule has 2 rings (SSSR count). The van der Waals surface area contributed by atoms with Crippen molar-refractivity contribution in [1.29, 1.82) is 0 Å². The van der Waals surface area contributed by atoms with Crippen molar-refractivity contribution in [2.75, 3.05) is 31.3 Å². The van der Waals surface area contributed by atoms with E-state index in [4.69, 9.17) is 10.5 Å². The fourth-order valence-corrected chi connectivity index (χ4v) is 2.20. The van der Waals surface area contributed by atoms with Crippen LogP contribution in [0.5, 0.6) is 0 Å². The number of nitrogens with one attached hydrogen (secondary N) is 1. The van der Waals surface area contributed by atoms with Gasteiger partial charge in [-0.25, -0.2) is 4.98 Å². The fraction of sp³-hybridized carbons (Fsp3) is 0.400. The molecule has 0 saturated heterocycles. The lowest BCUT2D eigenvalue weighted by molar-refractivity contribution is 0.198. The third kappa shape index (κ3) is 2.40. The van der Waals surface area contributed by atoms with Crippen LogP contribution in [0, 0.1) is 0 Å². The number of thiophene rings is 1. The number of fused-ring (bicyclic) bond motifs is 1. The molecule has 0 unspecified atom stereocenters. The maximum absolute atomic E-state index is 5.63. The van der Waals surface area contributed by atoms with Crippen LogP contribution in [0.4, 0.5) is 11.8 Å². The van der Waals surface area contributed by atoms with Gasteiger partial charge >= 0.3 is 0 Å². The summed E-state index contributed by atoms with van der Waals surface area (Å²) in [4.78, 5) is 9.27. The highest BCUT2D eigenvalue weighted by Gasteiger charge is 2.06. The number of rotatable bonds is 5. The predicted molar refractivity (Wildman–Crippen MR) is 66.8 cm³/mol. The van der Waals surface area contributed by atoms with Gasteiger partial charge in [0, 0.05) is 20.3 Å². The largest absolute Gasteiger partial charge is 0.385 e. The smallest absolute Gasteiger partial charge is 0.223 e. The first-order valence-corrected chi connectivity index (χ1v) is 5.93. The van der Waals surface area contributed by atoms with Gasteiger partial charge in [-0.2, -0.15) is 4.98 Å². The van der Waals surface area contributed by atoms with Crippen molar-refractivity contribution in [3.63, 3.8) is 0 Å². The number of hydrogen-bond acceptors (Lipinski definition) is 6. The molecule has 86 valence electrons. The van der Waals surface area contributed by atoms with Crippen LogP contribution in [0.15, 0.2) is 11.4 Å². The lowest BCUT2D eigenvalue weighted by Gasteiger charge is -2.06. The molecule has 16 heavy (non-hydrogen) atoms. The van der Waals surface area contributed by atoms with E-state index in [0.717, 1.165) is 35.6 Å². The van der Waals surface area contributed by atoms with Crippen molar-refractivity contribution in [1.82, 2.24) is 9.97 Å². The van der Waals surface area contributed by atoms with E-state index in [1.807, 2.05) is 11.4 Å². The molecule has 0 atom stereocenters. The zero-order valence-electron chi connectivity index (χ0n) is 9.06. The quantitative estimate of drug-likeness (QED) is 0.776. The Kier molecular flexibility index (Phi) is 3.53. The van der Waals surface area contributed by atoms with Gasteiger partial charge in [-0.1, -0.05) is 0 Å². The van der Waals surface area contributed by atoms with Gasteiger partial charge in [0.05, 0.1) is 5.39 Å². The number of hydrogen-bond donors (Lipinski definition) is 2. The number of nitrogens with zero attached hydrogens (tertiary/aromatic N) is 2. The SMILES string of the molecule is COCCCNc1nc(N)nc2sccc12. The van der Waals surface area contributed by atoms with Gasteiger partial charge in [-0.05, 0) is 17.9 Å².